The van der Waals surface area contributed by atoms with Gasteiger partial charge in [0.2, 0.25) is 0 Å². The van der Waals surface area contributed by atoms with E-state index >= 15 is 0 Å². The lowest BCUT2D eigenvalue weighted by atomic mass is 10.1. The van der Waals surface area contributed by atoms with Crippen LogP contribution in [-0.2, 0) is 6.61 Å². The predicted molar refractivity (Wildman–Crippen MR) is 87.2 cm³/mol. The molecule has 2 nitrogen and oxygen atoms in total. The summed E-state index contributed by atoms with van der Waals surface area (Å²) in [6.45, 7) is 5.60. The third-order valence-electron chi connectivity index (χ3n) is 2.95. The number of nitrogens with one attached hydrogen (secondary N) is 1. The fourth-order valence-electron chi connectivity index (χ4n) is 1.98. The van der Waals surface area contributed by atoms with Gasteiger partial charge in [-0.15, -0.1) is 11.3 Å². The van der Waals surface area contributed by atoms with Crippen LogP contribution in [0.2, 0.25) is 9.36 Å². The second-order valence-electron chi connectivity index (χ2n) is 4.46. The van der Waals surface area contributed by atoms with Gasteiger partial charge in [0.05, 0.1) is 4.34 Å². The molecule has 0 amide bonds. The van der Waals surface area contributed by atoms with Crippen molar-refractivity contribution in [2.24, 2.45) is 0 Å². The van der Waals surface area contributed by atoms with Crippen molar-refractivity contribution >= 4 is 34.5 Å². The summed E-state index contributed by atoms with van der Waals surface area (Å²) in [5.74, 6) is 0.854. The van der Waals surface area contributed by atoms with Crippen LogP contribution in [0.1, 0.15) is 30.3 Å². The van der Waals surface area contributed by atoms with Crippen LogP contribution in [0.3, 0.4) is 0 Å². The summed E-state index contributed by atoms with van der Waals surface area (Å²) in [6, 6.07) is 9.78. The van der Waals surface area contributed by atoms with Crippen molar-refractivity contribution in [1.29, 1.82) is 0 Å². The molecule has 0 aliphatic rings. The molecule has 0 aliphatic heterocycles. The first kappa shape index (κ1) is 15.6. The number of thiophene rings is 1. The van der Waals surface area contributed by atoms with Crippen LogP contribution < -0.4 is 10.1 Å². The number of benzene rings is 1. The molecule has 0 saturated carbocycles. The maximum atomic E-state index is 6.08. The third kappa shape index (κ3) is 4.13. The van der Waals surface area contributed by atoms with E-state index in [1.807, 2.05) is 30.3 Å². The second kappa shape index (κ2) is 7.32. The summed E-state index contributed by atoms with van der Waals surface area (Å²) in [5.41, 5.74) is 1.07. The highest BCUT2D eigenvalue weighted by atomic mass is 35.5. The third-order valence-corrected chi connectivity index (χ3v) is 4.39. The zero-order valence-electron chi connectivity index (χ0n) is 11.5. The molecule has 5 heteroatoms. The number of rotatable bonds is 6. The molecule has 1 aromatic carbocycles. The molecule has 0 bridgehead atoms. The number of halogens is 2. The second-order valence-corrected chi connectivity index (χ2v) is 6.69. The molecule has 1 heterocycles. The molecule has 0 aliphatic carbocycles. The van der Waals surface area contributed by atoms with Crippen LogP contribution >= 0.6 is 34.5 Å². The molecule has 0 radical (unpaired) electrons. The summed E-state index contributed by atoms with van der Waals surface area (Å²) in [6.07, 6.45) is 0. The van der Waals surface area contributed by atoms with Gasteiger partial charge in [0, 0.05) is 21.5 Å². The Morgan fingerprint density at radius 2 is 2.05 bits per heavy atom. The van der Waals surface area contributed by atoms with Gasteiger partial charge in [0.25, 0.3) is 0 Å². The molecule has 2 aromatic rings. The van der Waals surface area contributed by atoms with Gasteiger partial charge >= 0.3 is 0 Å². The van der Waals surface area contributed by atoms with Crippen LogP contribution in [0.5, 0.6) is 5.75 Å². The van der Waals surface area contributed by atoms with Crippen molar-refractivity contribution in [3.63, 3.8) is 0 Å². The molecule has 2 rings (SSSR count). The molecule has 0 fully saturated rings. The molecular weight excluding hydrogens is 313 g/mol. The first-order valence-corrected chi connectivity index (χ1v) is 8.07. The number of hydrogen-bond acceptors (Lipinski definition) is 3. The van der Waals surface area contributed by atoms with E-state index in [-0.39, 0.29) is 6.04 Å². The Labute approximate surface area is 133 Å². The van der Waals surface area contributed by atoms with E-state index in [2.05, 4.69) is 19.2 Å². The SMILES string of the molecule is CCNC(C)c1cc(Cl)ccc1OCc1ccc(Cl)s1. The lowest BCUT2D eigenvalue weighted by molar-refractivity contribution is 0.303. The Kier molecular flexibility index (Phi) is 5.73. The van der Waals surface area contributed by atoms with E-state index in [1.165, 1.54) is 11.3 Å². The molecule has 20 heavy (non-hydrogen) atoms. The minimum Gasteiger partial charge on any atom is -0.488 e. The zero-order valence-corrected chi connectivity index (χ0v) is 13.8. The van der Waals surface area contributed by atoms with E-state index in [1.54, 1.807) is 0 Å². The molecular formula is C15H17Cl2NOS. The molecule has 0 saturated heterocycles. The van der Waals surface area contributed by atoms with Crippen LogP contribution in [0.15, 0.2) is 30.3 Å². The maximum absolute atomic E-state index is 6.08. The highest BCUT2D eigenvalue weighted by molar-refractivity contribution is 7.16. The zero-order chi connectivity index (χ0) is 14.5. The van der Waals surface area contributed by atoms with Gasteiger partial charge in [-0.3, -0.25) is 0 Å². The van der Waals surface area contributed by atoms with Crippen molar-refractivity contribution in [3.05, 3.63) is 50.1 Å². The van der Waals surface area contributed by atoms with E-state index in [4.69, 9.17) is 27.9 Å². The molecule has 1 aromatic heterocycles. The van der Waals surface area contributed by atoms with Crippen molar-refractivity contribution in [2.45, 2.75) is 26.5 Å². The molecule has 108 valence electrons. The smallest absolute Gasteiger partial charge is 0.124 e. The number of hydrogen-bond donors (Lipinski definition) is 1. The first-order valence-electron chi connectivity index (χ1n) is 6.50. The monoisotopic (exact) mass is 329 g/mol. The van der Waals surface area contributed by atoms with Crippen molar-refractivity contribution in [3.8, 4) is 5.75 Å². The Morgan fingerprint density at radius 1 is 1.25 bits per heavy atom. The van der Waals surface area contributed by atoms with Crippen molar-refractivity contribution in [1.82, 2.24) is 5.32 Å². The number of ether oxygens (including phenoxy) is 1. The van der Waals surface area contributed by atoms with E-state index < -0.39 is 0 Å². The standard InChI is InChI=1S/C15H17Cl2NOS/c1-3-18-10(2)13-8-11(16)4-6-14(13)19-9-12-5-7-15(17)20-12/h4-8,10,18H,3,9H2,1-2H3. The average molecular weight is 330 g/mol. The van der Waals surface area contributed by atoms with E-state index in [0.29, 0.717) is 6.61 Å². The summed E-state index contributed by atoms with van der Waals surface area (Å²) in [7, 11) is 0. The highest BCUT2D eigenvalue weighted by Gasteiger charge is 2.12. The van der Waals surface area contributed by atoms with Crippen LogP contribution in [0, 0.1) is 0 Å². The lowest BCUT2D eigenvalue weighted by Crippen LogP contribution is -2.18. The first-order chi connectivity index (χ1) is 9.60. The largest absolute Gasteiger partial charge is 0.488 e. The highest BCUT2D eigenvalue weighted by Crippen LogP contribution is 2.30. The fourth-order valence-corrected chi connectivity index (χ4v) is 3.16. The Bertz CT molecular complexity index is 571. The summed E-state index contributed by atoms with van der Waals surface area (Å²) >= 11 is 13.5. The van der Waals surface area contributed by atoms with Gasteiger partial charge in [-0.05, 0) is 43.8 Å². The van der Waals surface area contributed by atoms with Gasteiger partial charge in [-0.25, -0.2) is 0 Å². The maximum Gasteiger partial charge on any atom is 0.124 e. The Hall–Kier alpha value is -0.740. The summed E-state index contributed by atoms with van der Waals surface area (Å²) < 4.78 is 6.69. The Balaban J connectivity index is 2.13. The summed E-state index contributed by atoms with van der Waals surface area (Å²) in [4.78, 5) is 1.10. The van der Waals surface area contributed by atoms with Crippen LogP contribution in [0.25, 0.3) is 0 Å². The molecule has 1 unspecified atom stereocenters. The Morgan fingerprint density at radius 3 is 2.70 bits per heavy atom. The average Bonchev–Trinajstić information content (AvgIpc) is 2.83. The lowest BCUT2D eigenvalue weighted by Gasteiger charge is -2.17. The minimum atomic E-state index is 0.195. The normalized spacial score (nSPS) is 12.4. The minimum absolute atomic E-state index is 0.195. The molecule has 1 atom stereocenters. The topological polar surface area (TPSA) is 21.3 Å². The van der Waals surface area contributed by atoms with Gasteiger partial charge in [-0.2, -0.15) is 0 Å². The molecule has 0 spiro atoms. The fraction of sp³-hybridized carbons (Fsp3) is 0.333. The molecule has 1 N–H and O–H groups in total. The summed E-state index contributed by atoms with van der Waals surface area (Å²) in [5, 5.41) is 4.09. The van der Waals surface area contributed by atoms with Crippen molar-refractivity contribution in [2.75, 3.05) is 6.54 Å². The van der Waals surface area contributed by atoms with Gasteiger partial charge < -0.3 is 10.1 Å². The van der Waals surface area contributed by atoms with Gasteiger partial charge in [-0.1, -0.05) is 30.1 Å². The quantitative estimate of drug-likeness (QED) is 0.775. The van der Waals surface area contributed by atoms with E-state index in [0.717, 1.165) is 32.1 Å². The predicted octanol–water partition coefficient (Wildman–Crippen LogP) is 5.30. The van der Waals surface area contributed by atoms with Crippen LogP contribution in [0.4, 0.5) is 0 Å². The van der Waals surface area contributed by atoms with Crippen molar-refractivity contribution < 1.29 is 4.74 Å². The van der Waals surface area contributed by atoms with Gasteiger partial charge in [0.1, 0.15) is 12.4 Å². The van der Waals surface area contributed by atoms with Crippen LogP contribution in [-0.4, -0.2) is 6.54 Å². The van der Waals surface area contributed by atoms with Gasteiger partial charge in [0.15, 0.2) is 0 Å². The van der Waals surface area contributed by atoms with E-state index in [9.17, 15) is 0 Å².